The first-order valence-corrected chi connectivity index (χ1v) is 7.45. The van der Waals surface area contributed by atoms with Gasteiger partial charge in [-0.25, -0.2) is 4.39 Å². The summed E-state index contributed by atoms with van der Waals surface area (Å²) in [6.07, 6.45) is 1.85. The number of halogens is 1. The maximum atomic E-state index is 13.9. The van der Waals surface area contributed by atoms with Crippen LogP contribution in [0.5, 0.6) is 5.75 Å². The largest absolute Gasteiger partial charge is 0.493 e. The highest BCUT2D eigenvalue weighted by Gasteiger charge is 2.17. The Balaban J connectivity index is 1.86. The zero-order valence-corrected chi connectivity index (χ0v) is 12.4. The smallest absolute Gasteiger partial charge is 0.146 e. The van der Waals surface area contributed by atoms with Gasteiger partial charge in [0.05, 0.1) is 18.3 Å². The molecule has 0 aromatic heterocycles. The molecule has 1 N–H and O–H groups in total. The molecule has 0 saturated carbocycles. The summed E-state index contributed by atoms with van der Waals surface area (Å²) < 4.78 is 19.5. The van der Waals surface area contributed by atoms with Gasteiger partial charge in [0, 0.05) is 6.42 Å². The topological polar surface area (TPSA) is 21.3 Å². The quantitative estimate of drug-likeness (QED) is 0.884. The summed E-state index contributed by atoms with van der Waals surface area (Å²) >= 11 is 0. The van der Waals surface area contributed by atoms with E-state index < -0.39 is 0 Å². The summed E-state index contributed by atoms with van der Waals surface area (Å²) in [5.41, 5.74) is 4.05. The van der Waals surface area contributed by atoms with Gasteiger partial charge in [0.1, 0.15) is 11.6 Å². The number of hydrogen-bond acceptors (Lipinski definition) is 2. The standard InChI is InChI=1S/C18H20FNO/c1-3-16(20-17-10-12(2)4-6-15(17)19)13-5-7-18-14(11-13)8-9-21-18/h4-7,10-11,16,20H,3,8-9H2,1-2H3. The number of benzene rings is 2. The van der Waals surface area contributed by atoms with Crippen LogP contribution in [-0.2, 0) is 6.42 Å². The van der Waals surface area contributed by atoms with Crippen molar-refractivity contribution in [2.75, 3.05) is 11.9 Å². The molecule has 3 rings (SSSR count). The molecule has 0 bridgehead atoms. The Morgan fingerprint density at radius 3 is 2.90 bits per heavy atom. The van der Waals surface area contributed by atoms with E-state index in [9.17, 15) is 4.39 Å². The lowest BCUT2D eigenvalue weighted by Crippen LogP contribution is -2.11. The molecule has 1 unspecified atom stereocenters. The summed E-state index contributed by atoms with van der Waals surface area (Å²) in [4.78, 5) is 0. The fourth-order valence-electron chi connectivity index (χ4n) is 2.78. The van der Waals surface area contributed by atoms with Gasteiger partial charge in [-0.2, -0.15) is 0 Å². The Bertz CT molecular complexity index is 654. The van der Waals surface area contributed by atoms with E-state index in [1.165, 1.54) is 17.2 Å². The molecule has 0 amide bonds. The number of aryl methyl sites for hydroxylation is 1. The third kappa shape index (κ3) is 2.87. The van der Waals surface area contributed by atoms with Crippen molar-refractivity contribution in [2.45, 2.75) is 32.7 Å². The van der Waals surface area contributed by atoms with Crippen LogP contribution in [0, 0.1) is 12.7 Å². The molecule has 110 valence electrons. The predicted molar refractivity (Wildman–Crippen MR) is 83.4 cm³/mol. The highest BCUT2D eigenvalue weighted by Crippen LogP contribution is 2.31. The van der Waals surface area contributed by atoms with Gasteiger partial charge in [-0.05, 0) is 54.3 Å². The lowest BCUT2D eigenvalue weighted by Gasteiger charge is -2.20. The molecule has 1 heterocycles. The minimum Gasteiger partial charge on any atom is -0.493 e. The third-order valence-corrected chi connectivity index (χ3v) is 3.98. The first-order chi connectivity index (χ1) is 10.2. The van der Waals surface area contributed by atoms with Crippen LogP contribution in [0.15, 0.2) is 36.4 Å². The summed E-state index contributed by atoms with van der Waals surface area (Å²) in [6.45, 7) is 4.84. The molecule has 0 aliphatic carbocycles. The summed E-state index contributed by atoms with van der Waals surface area (Å²) in [7, 11) is 0. The zero-order chi connectivity index (χ0) is 14.8. The lowest BCUT2D eigenvalue weighted by atomic mass is 10.00. The fourth-order valence-corrected chi connectivity index (χ4v) is 2.78. The number of fused-ring (bicyclic) bond motifs is 1. The summed E-state index contributed by atoms with van der Waals surface area (Å²) in [6, 6.07) is 11.5. The van der Waals surface area contributed by atoms with Crippen molar-refractivity contribution in [1.82, 2.24) is 0 Å². The second kappa shape index (κ2) is 5.76. The van der Waals surface area contributed by atoms with Crippen LogP contribution in [0.2, 0.25) is 0 Å². The molecule has 2 aromatic carbocycles. The van der Waals surface area contributed by atoms with Crippen molar-refractivity contribution >= 4 is 5.69 Å². The minimum atomic E-state index is -0.205. The molecule has 1 atom stereocenters. The number of nitrogens with one attached hydrogen (secondary N) is 1. The molecule has 1 aliphatic heterocycles. The average Bonchev–Trinajstić information content (AvgIpc) is 2.95. The summed E-state index contributed by atoms with van der Waals surface area (Å²) in [5.74, 6) is 0.777. The highest BCUT2D eigenvalue weighted by atomic mass is 19.1. The monoisotopic (exact) mass is 285 g/mol. The molecular formula is C18H20FNO. The lowest BCUT2D eigenvalue weighted by molar-refractivity contribution is 0.357. The van der Waals surface area contributed by atoms with Gasteiger partial charge in [-0.1, -0.05) is 19.1 Å². The third-order valence-electron chi connectivity index (χ3n) is 3.98. The van der Waals surface area contributed by atoms with Crippen molar-refractivity contribution in [3.05, 3.63) is 58.9 Å². The number of rotatable bonds is 4. The number of hydrogen-bond donors (Lipinski definition) is 1. The van der Waals surface area contributed by atoms with Gasteiger partial charge < -0.3 is 10.1 Å². The second-order valence-corrected chi connectivity index (χ2v) is 5.55. The summed E-state index contributed by atoms with van der Waals surface area (Å²) in [5, 5.41) is 3.33. The van der Waals surface area contributed by atoms with Crippen molar-refractivity contribution < 1.29 is 9.13 Å². The van der Waals surface area contributed by atoms with Crippen LogP contribution in [0.1, 0.15) is 36.1 Å². The van der Waals surface area contributed by atoms with Crippen LogP contribution in [-0.4, -0.2) is 6.61 Å². The van der Waals surface area contributed by atoms with Gasteiger partial charge in [0.2, 0.25) is 0 Å². The average molecular weight is 285 g/mol. The van der Waals surface area contributed by atoms with E-state index in [-0.39, 0.29) is 11.9 Å². The van der Waals surface area contributed by atoms with E-state index in [1.54, 1.807) is 6.07 Å². The van der Waals surface area contributed by atoms with Gasteiger partial charge in [0.15, 0.2) is 0 Å². The van der Waals surface area contributed by atoms with E-state index >= 15 is 0 Å². The minimum absolute atomic E-state index is 0.104. The maximum Gasteiger partial charge on any atom is 0.146 e. The van der Waals surface area contributed by atoms with E-state index in [0.717, 1.165) is 30.8 Å². The first-order valence-electron chi connectivity index (χ1n) is 7.45. The molecule has 2 nitrogen and oxygen atoms in total. The molecule has 2 aromatic rings. The Kier molecular flexibility index (Phi) is 3.82. The van der Waals surface area contributed by atoms with E-state index in [4.69, 9.17) is 4.74 Å². The van der Waals surface area contributed by atoms with Crippen molar-refractivity contribution in [2.24, 2.45) is 0 Å². The SMILES string of the molecule is CCC(Nc1cc(C)ccc1F)c1ccc2c(c1)CCO2. The normalized spacial score (nSPS) is 14.4. The Morgan fingerprint density at radius 1 is 1.24 bits per heavy atom. The van der Waals surface area contributed by atoms with Crippen molar-refractivity contribution in [3.8, 4) is 5.75 Å². The predicted octanol–water partition coefficient (Wildman–Crippen LogP) is 4.63. The first kappa shape index (κ1) is 13.9. The molecule has 21 heavy (non-hydrogen) atoms. The molecule has 0 radical (unpaired) electrons. The van der Waals surface area contributed by atoms with Crippen LogP contribution in [0.3, 0.4) is 0 Å². The van der Waals surface area contributed by atoms with Gasteiger partial charge >= 0.3 is 0 Å². The molecule has 0 saturated heterocycles. The number of anilines is 1. The maximum absolute atomic E-state index is 13.9. The molecule has 0 spiro atoms. The van der Waals surface area contributed by atoms with Gasteiger partial charge in [-0.15, -0.1) is 0 Å². The molecule has 0 fully saturated rings. The Labute approximate surface area is 125 Å². The van der Waals surface area contributed by atoms with Gasteiger partial charge in [-0.3, -0.25) is 0 Å². The number of ether oxygens (including phenoxy) is 1. The second-order valence-electron chi connectivity index (χ2n) is 5.55. The Hall–Kier alpha value is -2.03. The molecular weight excluding hydrogens is 265 g/mol. The van der Waals surface area contributed by atoms with Crippen LogP contribution < -0.4 is 10.1 Å². The van der Waals surface area contributed by atoms with Gasteiger partial charge in [0.25, 0.3) is 0 Å². The van der Waals surface area contributed by atoms with Crippen LogP contribution in [0.4, 0.5) is 10.1 Å². The van der Waals surface area contributed by atoms with E-state index in [0.29, 0.717) is 5.69 Å². The molecule has 3 heteroatoms. The highest BCUT2D eigenvalue weighted by molar-refractivity contribution is 5.50. The van der Waals surface area contributed by atoms with Crippen molar-refractivity contribution in [3.63, 3.8) is 0 Å². The van der Waals surface area contributed by atoms with Crippen LogP contribution in [0.25, 0.3) is 0 Å². The van der Waals surface area contributed by atoms with E-state index in [1.807, 2.05) is 19.1 Å². The fraction of sp³-hybridized carbons (Fsp3) is 0.333. The van der Waals surface area contributed by atoms with E-state index in [2.05, 4.69) is 24.4 Å². The zero-order valence-electron chi connectivity index (χ0n) is 12.4. The van der Waals surface area contributed by atoms with Crippen molar-refractivity contribution in [1.29, 1.82) is 0 Å². The Morgan fingerprint density at radius 2 is 2.10 bits per heavy atom. The molecule has 1 aliphatic rings. The van der Waals surface area contributed by atoms with Crippen LogP contribution >= 0.6 is 0 Å².